The topological polar surface area (TPSA) is 0 Å². The van der Waals surface area contributed by atoms with Gasteiger partial charge < -0.3 is 0 Å². The molecule has 0 radical (unpaired) electrons. The lowest BCUT2D eigenvalue weighted by Crippen LogP contribution is -2.57. The van der Waals surface area contributed by atoms with Crippen molar-refractivity contribution >= 4 is 28.8 Å². The molecule has 0 aromatic heterocycles. The number of hydrogen-bond donors (Lipinski definition) is 0. The molecule has 2 heteroatoms. The first kappa shape index (κ1) is 19.2. The van der Waals surface area contributed by atoms with Crippen molar-refractivity contribution < 1.29 is 0 Å². The van der Waals surface area contributed by atoms with Crippen molar-refractivity contribution in [1.29, 1.82) is 0 Å². The molecule has 142 valence electrons. The lowest BCUT2D eigenvalue weighted by Gasteiger charge is -2.34. The fourth-order valence-electron chi connectivity index (χ4n) is 4.72. The van der Waals surface area contributed by atoms with Gasteiger partial charge in [-0.3, -0.25) is 0 Å². The highest BCUT2D eigenvalue weighted by molar-refractivity contribution is 7.35. The third kappa shape index (κ3) is 3.17. The Morgan fingerprint density at radius 2 is 1.39 bits per heavy atom. The summed E-state index contributed by atoms with van der Waals surface area (Å²) >= 11 is 7.80. The average molecular weight is 403 g/mol. The van der Waals surface area contributed by atoms with Crippen molar-refractivity contribution in [3.8, 4) is 0 Å². The van der Waals surface area contributed by atoms with Gasteiger partial charge in [-0.05, 0) is 34.4 Å². The minimum atomic E-state index is -2.56. The maximum atomic E-state index is 7.80. The molecular formula is C26H27ClSi. The predicted molar refractivity (Wildman–Crippen MR) is 125 cm³/mol. The minimum absolute atomic E-state index is 0.242. The highest BCUT2D eigenvalue weighted by Crippen LogP contribution is 2.49. The first-order valence-corrected chi connectivity index (χ1v) is 13.2. The van der Waals surface area contributed by atoms with Gasteiger partial charge >= 0.3 is 0 Å². The quantitative estimate of drug-likeness (QED) is 0.434. The van der Waals surface area contributed by atoms with Crippen LogP contribution in [-0.2, 0) is 0 Å². The van der Waals surface area contributed by atoms with Crippen molar-refractivity contribution in [2.24, 2.45) is 11.8 Å². The van der Waals surface area contributed by atoms with Crippen LogP contribution in [0, 0.1) is 11.8 Å². The molecule has 2 aliphatic carbocycles. The SMILES string of the molecule is CC1=CC2=C(C=CC=CC2C(C)C)C1[Si](Cl)(c1ccccc1)c1ccccc1. The molecule has 0 amide bonds. The first-order chi connectivity index (χ1) is 13.5. The molecule has 0 bridgehead atoms. The Kier molecular flexibility index (Phi) is 5.31. The summed E-state index contributed by atoms with van der Waals surface area (Å²) in [4.78, 5) is 0. The van der Waals surface area contributed by atoms with Crippen LogP contribution in [0.3, 0.4) is 0 Å². The van der Waals surface area contributed by atoms with E-state index >= 15 is 0 Å². The molecule has 0 saturated heterocycles. The molecule has 2 aromatic rings. The Hall–Kier alpha value is -2.09. The van der Waals surface area contributed by atoms with E-state index in [4.69, 9.17) is 11.1 Å². The van der Waals surface area contributed by atoms with Gasteiger partial charge in [0.1, 0.15) is 0 Å². The Balaban J connectivity index is 1.94. The highest BCUT2D eigenvalue weighted by atomic mass is 35.6. The van der Waals surface area contributed by atoms with E-state index in [1.54, 1.807) is 0 Å². The van der Waals surface area contributed by atoms with Gasteiger partial charge in [0.15, 0.2) is 0 Å². The van der Waals surface area contributed by atoms with E-state index in [0.717, 1.165) is 0 Å². The van der Waals surface area contributed by atoms with Crippen LogP contribution >= 0.6 is 11.1 Å². The van der Waals surface area contributed by atoms with Gasteiger partial charge in [0.25, 0.3) is 0 Å². The Labute approximate surface area is 174 Å². The van der Waals surface area contributed by atoms with Crippen LogP contribution in [0.1, 0.15) is 20.8 Å². The maximum Gasteiger partial charge on any atom is 0.228 e. The van der Waals surface area contributed by atoms with E-state index in [1.807, 2.05) is 0 Å². The maximum absolute atomic E-state index is 7.80. The summed E-state index contributed by atoms with van der Waals surface area (Å²) in [6, 6.07) is 21.5. The van der Waals surface area contributed by atoms with E-state index in [9.17, 15) is 0 Å². The molecule has 2 unspecified atom stereocenters. The van der Waals surface area contributed by atoms with E-state index in [1.165, 1.54) is 27.1 Å². The van der Waals surface area contributed by atoms with Gasteiger partial charge in [0.05, 0.1) is 0 Å². The lowest BCUT2D eigenvalue weighted by molar-refractivity contribution is 0.533. The van der Waals surface area contributed by atoms with Crippen LogP contribution in [0.15, 0.2) is 108 Å². The van der Waals surface area contributed by atoms with Gasteiger partial charge in [-0.2, -0.15) is 11.1 Å². The molecule has 0 fully saturated rings. The number of benzene rings is 2. The van der Waals surface area contributed by atoms with Crippen molar-refractivity contribution in [3.05, 3.63) is 108 Å². The standard InChI is InChI=1S/C26H27ClSi/c1-19(2)23-16-10-11-17-24-25(23)18-20(3)26(24)28(27,21-12-6-4-7-13-21)22-14-8-5-9-15-22/h4-19,23,26H,1-3H3. The molecule has 0 heterocycles. The predicted octanol–water partition coefficient (Wildman–Crippen LogP) is 6.01. The zero-order valence-corrected chi connectivity index (χ0v) is 18.5. The van der Waals surface area contributed by atoms with Crippen LogP contribution in [0.2, 0.25) is 5.54 Å². The van der Waals surface area contributed by atoms with Gasteiger partial charge in [0, 0.05) is 11.5 Å². The molecule has 2 aromatic carbocycles. The molecule has 2 aliphatic rings. The van der Waals surface area contributed by atoms with Crippen LogP contribution in [0.4, 0.5) is 0 Å². The molecule has 0 saturated carbocycles. The van der Waals surface area contributed by atoms with E-state index in [-0.39, 0.29) is 5.54 Å². The summed E-state index contributed by atoms with van der Waals surface area (Å²) in [5.41, 5.74) is 4.50. The van der Waals surface area contributed by atoms with E-state index < -0.39 is 7.38 Å². The highest BCUT2D eigenvalue weighted by Gasteiger charge is 2.48. The van der Waals surface area contributed by atoms with E-state index in [2.05, 4.69) is 112 Å². The summed E-state index contributed by atoms with van der Waals surface area (Å²) in [6.07, 6.45) is 11.5. The number of hydrogen-bond acceptors (Lipinski definition) is 0. The second kappa shape index (κ2) is 7.73. The Morgan fingerprint density at radius 3 is 1.93 bits per heavy atom. The van der Waals surface area contributed by atoms with Crippen molar-refractivity contribution in [2.45, 2.75) is 26.3 Å². The summed E-state index contributed by atoms with van der Waals surface area (Å²) in [5.74, 6) is 0.996. The second-order valence-corrected chi connectivity index (χ2v) is 13.1. The largest absolute Gasteiger partial charge is 0.228 e. The van der Waals surface area contributed by atoms with Gasteiger partial charge in [-0.25, -0.2) is 0 Å². The van der Waals surface area contributed by atoms with Crippen LogP contribution in [0.5, 0.6) is 0 Å². The smallest absolute Gasteiger partial charge is 0.154 e. The molecule has 4 rings (SSSR count). The third-order valence-electron chi connectivity index (χ3n) is 6.05. The van der Waals surface area contributed by atoms with Crippen LogP contribution in [-0.4, -0.2) is 7.38 Å². The summed E-state index contributed by atoms with van der Waals surface area (Å²) < 4.78 is 0. The van der Waals surface area contributed by atoms with Gasteiger partial charge in [0.2, 0.25) is 7.38 Å². The monoisotopic (exact) mass is 402 g/mol. The molecular weight excluding hydrogens is 376 g/mol. The van der Waals surface area contributed by atoms with Crippen molar-refractivity contribution in [3.63, 3.8) is 0 Å². The molecule has 0 aliphatic heterocycles. The third-order valence-corrected chi connectivity index (χ3v) is 11.9. The molecule has 28 heavy (non-hydrogen) atoms. The fourth-order valence-corrected chi connectivity index (χ4v) is 10.1. The molecule has 0 N–H and O–H groups in total. The minimum Gasteiger partial charge on any atom is -0.154 e. The lowest BCUT2D eigenvalue weighted by atomic mass is 9.87. The summed E-state index contributed by atoms with van der Waals surface area (Å²) in [7, 11) is -2.56. The normalized spacial score (nSPS) is 21.7. The number of rotatable bonds is 4. The van der Waals surface area contributed by atoms with Crippen LogP contribution < -0.4 is 10.4 Å². The Morgan fingerprint density at radius 1 is 0.821 bits per heavy atom. The molecule has 2 atom stereocenters. The summed E-state index contributed by atoms with van der Waals surface area (Å²) in [6.45, 7) is 6.88. The zero-order valence-electron chi connectivity index (χ0n) is 16.8. The van der Waals surface area contributed by atoms with Crippen molar-refractivity contribution in [2.75, 3.05) is 0 Å². The van der Waals surface area contributed by atoms with Gasteiger partial charge in [-0.1, -0.05) is 110 Å². The fraction of sp³-hybridized carbons (Fsp3) is 0.231. The first-order valence-electron chi connectivity index (χ1n) is 10.1. The number of allylic oxidation sites excluding steroid dienone is 8. The summed E-state index contributed by atoms with van der Waals surface area (Å²) in [5, 5.41) is 2.56. The zero-order chi connectivity index (χ0) is 19.7. The van der Waals surface area contributed by atoms with Gasteiger partial charge in [-0.15, -0.1) is 0 Å². The number of halogens is 1. The van der Waals surface area contributed by atoms with E-state index in [0.29, 0.717) is 11.8 Å². The molecule has 0 spiro atoms. The van der Waals surface area contributed by atoms with Crippen molar-refractivity contribution in [1.82, 2.24) is 0 Å². The Bertz CT molecular complexity index is 925. The second-order valence-electron chi connectivity index (χ2n) is 8.19. The molecule has 0 nitrogen and oxygen atoms in total. The average Bonchev–Trinajstić information content (AvgIpc) is 2.90. The van der Waals surface area contributed by atoms with Crippen LogP contribution in [0.25, 0.3) is 0 Å².